The summed E-state index contributed by atoms with van der Waals surface area (Å²) in [6.07, 6.45) is -3.71. The lowest BCUT2D eigenvalue weighted by Gasteiger charge is -2.36. The molecule has 0 aliphatic heterocycles. The molecule has 0 saturated heterocycles. The quantitative estimate of drug-likeness (QED) is 0.909. The van der Waals surface area contributed by atoms with Gasteiger partial charge in [0.1, 0.15) is 0 Å². The predicted molar refractivity (Wildman–Crippen MR) is 69.6 cm³/mol. The third-order valence-corrected chi connectivity index (χ3v) is 4.63. The summed E-state index contributed by atoms with van der Waals surface area (Å²) in [4.78, 5) is 0. The van der Waals surface area contributed by atoms with Crippen molar-refractivity contribution in [3.63, 3.8) is 0 Å². The first-order valence-electron chi connectivity index (χ1n) is 6.59. The Kier molecular flexibility index (Phi) is 4.08. The maximum Gasteiger partial charge on any atom is 0.391 e. The molecule has 0 amide bonds. The topological polar surface area (TPSA) is 38.0 Å². The van der Waals surface area contributed by atoms with Gasteiger partial charge in [-0.15, -0.1) is 0 Å². The second-order valence-electron chi connectivity index (χ2n) is 5.69. The van der Waals surface area contributed by atoms with Gasteiger partial charge in [-0.05, 0) is 32.6 Å². The monoisotopic (exact) mass is 310 g/mol. The molecule has 0 atom stereocenters. The molecule has 114 valence electrons. The normalized spacial score (nSPS) is 27.9. The number of hydrogen-bond donors (Lipinski definition) is 1. The van der Waals surface area contributed by atoms with Crippen LogP contribution in [0, 0.1) is 12.8 Å². The number of halogens is 4. The molecular weight excluding hydrogens is 293 g/mol. The summed E-state index contributed by atoms with van der Waals surface area (Å²) < 4.78 is 39.5. The Balaban J connectivity index is 2.07. The summed E-state index contributed by atoms with van der Waals surface area (Å²) in [6.45, 7) is 1.76. The first kappa shape index (κ1) is 15.6. The molecule has 0 spiro atoms. The third kappa shape index (κ3) is 3.11. The Morgan fingerprint density at radius 3 is 2.35 bits per heavy atom. The minimum atomic E-state index is -4.16. The van der Waals surface area contributed by atoms with Gasteiger partial charge in [0.15, 0.2) is 0 Å². The minimum absolute atomic E-state index is 0.0333. The zero-order chi connectivity index (χ0) is 15.1. The minimum Gasteiger partial charge on any atom is -0.389 e. The zero-order valence-electron chi connectivity index (χ0n) is 11.5. The van der Waals surface area contributed by atoms with Crippen LogP contribution in [0.3, 0.4) is 0 Å². The van der Waals surface area contributed by atoms with E-state index in [-0.39, 0.29) is 32.1 Å². The summed E-state index contributed by atoms with van der Waals surface area (Å²) >= 11 is 6.12. The van der Waals surface area contributed by atoms with E-state index in [2.05, 4.69) is 5.10 Å². The molecule has 1 aromatic rings. The number of nitrogens with zero attached hydrogens (tertiary/aromatic N) is 2. The lowest BCUT2D eigenvalue weighted by molar-refractivity contribution is -0.192. The van der Waals surface area contributed by atoms with Crippen molar-refractivity contribution in [3.8, 4) is 0 Å². The fourth-order valence-corrected chi connectivity index (χ4v) is 3.07. The summed E-state index contributed by atoms with van der Waals surface area (Å²) in [5.74, 6) is -1.30. The van der Waals surface area contributed by atoms with Gasteiger partial charge in [-0.2, -0.15) is 18.3 Å². The fraction of sp³-hybridized carbons (Fsp3) is 0.769. The van der Waals surface area contributed by atoms with Gasteiger partial charge in [0.2, 0.25) is 0 Å². The molecular formula is C13H18ClF3N2O. The molecule has 0 unspecified atom stereocenters. The molecule has 2 rings (SSSR count). The number of rotatable bonds is 2. The third-order valence-electron chi connectivity index (χ3n) is 4.14. The number of alkyl halides is 3. The first-order valence-corrected chi connectivity index (χ1v) is 6.97. The maximum atomic E-state index is 12.6. The Morgan fingerprint density at radius 1 is 1.40 bits per heavy atom. The molecule has 1 heterocycles. The smallest absolute Gasteiger partial charge is 0.389 e. The van der Waals surface area contributed by atoms with Crippen LogP contribution in [0.5, 0.6) is 0 Å². The van der Waals surface area contributed by atoms with Crippen LogP contribution in [-0.2, 0) is 13.5 Å². The molecule has 1 aliphatic carbocycles. The second-order valence-corrected chi connectivity index (χ2v) is 6.06. The summed E-state index contributed by atoms with van der Waals surface area (Å²) in [6, 6.07) is 0. The molecule has 1 saturated carbocycles. The van der Waals surface area contributed by atoms with Gasteiger partial charge < -0.3 is 5.11 Å². The van der Waals surface area contributed by atoms with E-state index in [1.54, 1.807) is 18.7 Å². The molecule has 20 heavy (non-hydrogen) atoms. The number of hydrogen-bond acceptors (Lipinski definition) is 2. The highest BCUT2D eigenvalue weighted by atomic mass is 35.5. The highest BCUT2D eigenvalue weighted by Gasteiger charge is 2.45. The van der Waals surface area contributed by atoms with Gasteiger partial charge in [0, 0.05) is 13.5 Å². The van der Waals surface area contributed by atoms with Crippen LogP contribution in [0.2, 0.25) is 5.02 Å². The standard InChI is InChI=1S/C13H18ClF3N2O/c1-8-11(14)10(19(2)18-8)7-12(20)5-3-9(4-6-12)13(15,16)17/h9,20H,3-7H2,1-2H3. The van der Waals surface area contributed by atoms with Crippen molar-refractivity contribution in [3.05, 3.63) is 16.4 Å². The molecule has 1 fully saturated rings. The highest BCUT2D eigenvalue weighted by Crippen LogP contribution is 2.42. The van der Waals surface area contributed by atoms with Crippen molar-refractivity contribution in [2.75, 3.05) is 0 Å². The van der Waals surface area contributed by atoms with Crippen LogP contribution in [0.15, 0.2) is 0 Å². The molecule has 1 N–H and O–H groups in total. The van der Waals surface area contributed by atoms with Crippen LogP contribution in [0.1, 0.15) is 37.1 Å². The van der Waals surface area contributed by atoms with Crippen LogP contribution in [0.4, 0.5) is 13.2 Å². The van der Waals surface area contributed by atoms with E-state index in [1.807, 2.05) is 0 Å². The Bertz CT molecular complexity index is 491. The maximum absolute atomic E-state index is 12.6. The highest BCUT2D eigenvalue weighted by molar-refractivity contribution is 6.31. The van der Waals surface area contributed by atoms with Gasteiger partial charge in [0.25, 0.3) is 0 Å². The second kappa shape index (κ2) is 5.22. The van der Waals surface area contributed by atoms with E-state index in [4.69, 9.17) is 11.6 Å². The summed E-state index contributed by atoms with van der Waals surface area (Å²) in [7, 11) is 1.72. The molecule has 0 bridgehead atoms. The number of aryl methyl sites for hydroxylation is 2. The summed E-state index contributed by atoms with van der Waals surface area (Å²) in [5, 5.41) is 15.1. The van der Waals surface area contributed by atoms with E-state index in [0.717, 1.165) is 0 Å². The van der Waals surface area contributed by atoms with Crippen molar-refractivity contribution in [1.82, 2.24) is 9.78 Å². The van der Waals surface area contributed by atoms with Crippen molar-refractivity contribution in [1.29, 1.82) is 0 Å². The van der Waals surface area contributed by atoms with Crippen LogP contribution in [0.25, 0.3) is 0 Å². The van der Waals surface area contributed by atoms with Gasteiger partial charge in [0.05, 0.1) is 27.9 Å². The molecule has 3 nitrogen and oxygen atoms in total. The molecule has 7 heteroatoms. The first-order chi connectivity index (χ1) is 9.12. The van der Waals surface area contributed by atoms with E-state index >= 15 is 0 Å². The van der Waals surface area contributed by atoms with Gasteiger partial charge in [-0.25, -0.2) is 0 Å². The van der Waals surface area contributed by atoms with Crippen molar-refractivity contribution in [2.45, 2.75) is 50.8 Å². The fourth-order valence-electron chi connectivity index (χ4n) is 2.84. The molecule has 1 aliphatic rings. The van der Waals surface area contributed by atoms with Crippen molar-refractivity contribution >= 4 is 11.6 Å². The zero-order valence-corrected chi connectivity index (χ0v) is 12.2. The average molecular weight is 311 g/mol. The lowest BCUT2D eigenvalue weighted by atomic mass is 9.76. The van der Waals surface area contributed by atoms with E-state index < -0.39 is 17.7 Å². The lowest BCUT2D eigenvalue weighted by Crippen LogP contribution is -2.40. The number of aromatic nitrogens is 2. The largest absolute Gasteiger partial charge is 0.391 e. The van der Waals surface area contributed by atoms with E-state index in [0.29, 0.717) is 16.4 Å². The van der Waals surface area contributed by atoms with Gasteiger partial charge in [-0.1, -0.05) is 11.6 Å². The molecule has 0 radical (unpaired) electrons. The average Bonchev–Trinajstić information content (AvgIpc) is 2.55. The van der Waals surface area contributed by atoms with Gasteiger partial charge >= 0.3 is 6.18 Å². The van der Waals surface area contributed by atoms with Crippen LogP contribution in [-0.4, -0.2) is 26.7 Å². The van der Waals surface area contributed by atoms with Crippen LogP contribution < -0.4 is 0 Å². The molecule has 1 aromatic heterocycles. The Labute approximate surface area is 120 Å². The van der Waals surface area contributed by atoms with E-state index in [1.165, 1.54) is 0 Å². The van der Waals surface area contributed by atoms with Crippen molar-refractivity contribution in [2.24, 2.45) is 13.0 Å². The SMILES string of the molecule is Cc1nn(C)c(CC2(O)CCC(C(F)(F)F)CC2)c1Cl. The van der Waals surface area contributed by atoms with Gasteiger partial charge in [-0.3, -0.25) is 4.68 Å². The van der Waals surface area contributed by atoms with Crippen molar-refractivity contribution < 1.29 is 18.3 Å². The Morgan fingerprint density at radius 2 is 1.95 bits per heavy atom. The van der Waals surface area contributed by atoms with E-state index in [9.17, 15) is 18.3 Å². The van der Waals surface area contributed by atoms with Crippen LogP contribution >= 0.6 is 11.6 Å². The molecule has 0 aromatic carbocycles. The summed E-state index contributed by atoms with van der Waals surface area (Å²) in [5.41, 5.74) is 0.222. The predicted octanol–water partition coefficient (Wildman–Crippen LogP) is 3.41. The number of aliphatic hydroxyl groups is 1. The Hall–Kier alpha value is -0.750.